The smallest absolute Gasteiger partial charge is 0.308 e. The van der Waals surface area contributed by atoms with Crippen molar-refractivity contribution in [3.8, 4) is 11.3 Å². The third-order valence-electron chi connectivity index (χ3n) is 6.20. The van der Waals surface area contributed by atoms with E-state index in [4.69, 9.17) is 20.4 Å². The fraction of sp³-hybridized carbons (Fsp3) is 0.267. The summed E-state index contributed by atoms with van der Waals surface area (Å²) in [5, 5.41) is 2.70. The van der Waals surface area contributed by atoms with E-state index >= 15 is 0 Å². The summed E-state index contributed by atoms with van der Waals surface area (Å²) < 4.78 is 5.03. The van der Waals surface area contributed by atoms with Gasteiger partial charge < -0.3 is 4.74 Å². The number of aryl methyl sites for hydroxylation is 2. The second-order valence-corrected chi connectivity index (χ2v) is 9.63. The average Bonchev–Trinajstić information content (AvgIpc) is 2.92. The minimum atomic E-state index is -0.384. The highest BCUT2D eigenvalue weighted by Crippen LogP contribution is 2.26. The van der Waals surface area contributed by atoms with E-state index in [1.807, 2.05) is 62.4 Å². The van der Waals surface area contributed by atoms with Gasteiger partial charge in [-0.05, 0) is 66.9 Å². The quantitative estimate of drug-likeness (QED) is 0.132. The van der Waals surface area contributed by atoms with Gasteiger partial charge in [0.1, 0.15) is 19.0 Å². The zero-order valence-electron chi connectivity index (χ0n) is 22.6. The lowest BCUT2D eigenvalue weighted by Crippen LogP contribution is -2.31. The number of rotatable bonds is 10. The van der Waals surface area contributed by atoms with Crippen LogP contribution >= 0.6 is 0 Å². The Morgan fingerprint density at radius 2 is 1.82 bits per heavy atom. The van der Waals surface area contributed by atoms with Gasteiger partial charge in [0, 0.05) is 22.7 Å². The molecule has 4 rings (SSSR count). The van der Waals surface area contributed by atoms with Crippen molar-refractivity contribution in [2.24, 2.45) is 11.8 Å². The number of nitrogens with zero attached hydrogens (tertiary/aromatic N) is 3. The molecule has 0 unspecified atom stereocenters. The van der Waals surface area contributed by atoms with Crippen LogP contribution in [-0.4, -0.2) is 35.1 Å². The lowest BCUT2D eigenvalue weighted by atomic mass is 10.0. The number of hydrogen-bond acceptors (Lipinski definition) is 8. The first-order valence-electron chi connectivity index (χ1n) is 12.8. The number of aromatic nitrogens is 2. The van der Waals surface area contributed by atoms with E-state index in [2.05, 4.69) is 16.5 Å². The average molecular weight is 528 g/mol. The number of hydrazine groups is 1. The van der Waals surface area contributed by atoms with Gasteiger partial charge in [-0.25, -0.2) is 16.3 Å². The molecule has 0 bridgehead atoms. The molecular formula is C30H33N5O4. The zero-order chi connectivity index (χ0) is 27.9. The Hall–Kier alpha value is -4.34. The number of carbonyl (C=O) groups excluding carboxylic acids is 2. The third-order valence-corrected chi connectivity index (χ3v) is 6.20. The summed E-state index contributed by atoms with van der Waals surface area (Å²) >= 11 is 0. The monoisotopic (exact) mass is 527 g/mol. The van der Waals surface area contributed by atoms with Crippen molar-refractivity contribution < 1.29 is 19.2 Å². The first-order chi connectivity index (χ1) is 18.7. The molecule has 9 nitrogen and oxygen atoms in total. The molecule has 0 spiro atoms. The summed E-state index contributed by atoms with van der Waals surface area (Å²) in [5.41, 5.74) is 8.17. The Labute approximate surface area is 227 Å². The molecule has 0 radical (unpaired) electrons. The fourth-order valence-corrected chi connectivity index (χ4v) is 4.06. The number of ether oxygens (including phenoxy) is 1. The molecule has 202 valence electrons. The van der Waals surface area contributed by atoms with Gasteiger partial charge in [-0.2, -0.15) is 0 Å². The van der Waals surface area contributed by atoms with Crippen molar-refractivity contribution in [2.75, 3.05) is 18.2 Å². The van der Waals surface area contributed by atoms with Crippen LogP contribution in [0.5, 0.6) is 0 Å². The van der Waals surface area contributed by atoms with Crippen LogP contribution in [0.1, 0.15) is 40.9 Å². The molecule has 0 saturated carbocycles. The van der Waals surface area contributed by atoms with Crippen molar-refractivity contribution in [2.45, 2.75) is 34.2 Å². The number of hydrogen-bond donors (Lipinski definition) is 2. The standard InChI is InChI=1S/C30H33N5O4/c1-19(2)30(37)38-14-15-39-34-29(36)25-10-9-24(16-21(25)4)27-11-7-20(3)28(33-27)35(31)18-22-8-12-26-23(17-22)6-5-13-32-26/h5-13,16-17,19H,14-15,18,31H2,1-4H3,(H,34,36). The summed E-state index contributed by atoms with van der Waals surface area (Å²) in [4.78, 5) is 38.4. The van der Waals surface area contributed by atoms with Crippen molar-refractivity contribution in [3.05, 3.63) is 89.1 Å². The SMILES string of the molecule is Cc1cc(-c2ccc(C)c(N(N)Cc3ccc4ncccc4c3)n2)ccc1C(=O)NOCCOC(=O)C(C)C. The normalized spacial score (nSPS) is 11.0. The number of anilines is 1. The molecule has 2 heterocycles. The van der Waals surface area contributed by atoms with Crippen LogP contribution < -0.4 is 16.3 Å². The minimum Gasteiger partial charge on any atom is -0.463 e. The van der Waals surface area contributed by atoms with Crippen LogP contribution in [0.3, 0.4) is 0 Å². The van der Waals surface area contributed by atoms with Crippen molar-refractivity contribution in [1.82, 2.24) is 15.4 Å². The molecule has 1 amide bonds. The van der Waals surface area contributed by atoms with Crippen LogP contribution in [0.25, 0.3) is 22.2 Å². The van der Waals surface area contributed by atoms with Crippen LogP contribution in [0.15, 0.2) is 66.9 Å². The number of benzene rings is 2. The second-order valence-electron chi connectivity index (χ2n) is 9.63. The van der Waals surface area contributed by atoms with Gasteiger partial charge in [0.25, 0.3) is 5.91 Å². The van der Waals surface area contributed by atoms with E-state index in [0.29, 0.717) is 17.9 Å². The van der Waals surface area contributed by atoms with Crippen LogP contribution in [0.2, 0.25) is 0 Å². The Morgan fingerprint density at radius 3 is 2.59 bits per heavy atom. The molecule has 0 aliphatic rings. The maximum absolute atomic E-state index is 12.6. The number of amides is 1. The molecule has 4 aromatic rings. The largest absolute Gasteiger partial charge is 0.463 e. The molecule has 39 heavy (non-hydrogen) atoms. The summed E-state index contributed by atoms with van der Waals surface area (Å²) in [6.07, 6.45) is 1.78. The lowest BCUT2D eigenvalue weighted by molar-refractivity contribution is -0.149. The third kappa shape index (κ3) is 6.95. The molecule has 0 saturated heterocycles. The maximum atomic E-state index is 12.6. The van der Waals surface area contributed by atoms with E-state index in [0.717, 1.165) is 38.9 Å². The van der Waals surface area contributed by atoms with Crippen LogP contribution in [0, 0.1) is 19.8 Å². The van der Waals surface area contributed by atoms with Gasteiger partial charge in [0.2, 0.25) is 0 Å². The first-order valence-corrected chi connectivity index (χ1v) is 12.8. The Bertz CT molecular complexity index is 1490. The summed E-state index contributed by atoms with van der Waals surface area (Å²) in [5.74, 6) is 6.24. The van der Waals surface area contributed by atoms with Gasteiger partial charge >= 0.3 is 5.97 Å². The number of nitrogens with one attached hydrogen (secondary N) is 1. The number of hydroxylamine groups is 1. The molecule has 0 aliphatic heterocycles. The molecular weight excluding hydrogens is 494 g/mol. The zero-order valence-corrected chi connectivity index (χ0v) is 22.6. The summed E-state index contributed by atoms with van der Waals surface area (Å²) in [6.45, 7) is 7.93. The van der Waals surface area contributed by atoms with E-state index in [9.17, 15) is 9.59 Å². The van der Waals surface area contributed by atoms with Gasteiger partial charge in [-0.15, -0.1) is 0 Å². The van der Waals surface area contributed by atoms with Crippen LogP contribution in [-0.2, 0) is 20.9 Å². The van der Waals surface area contributed by atoms with Crippen molar-refractivity contribution in [3.63, 3.8) is 0 Å². The number of fused-ring (bicyclic) bond motifs is 1. The Balaban J connectivity index is 1.42. The molecule has 3 N–H and O–H groups in total. The summed E-state index contributed by atoms with van der Waals surface area (Å²) in [7, 11) is 0. The van der Waals surface area contributed by atoms with Gasteiger partial charge in [-0.1, -0.05) is 38.1 Å². The lowest BCUT2D eigenvalue weighted by Gasteiger charge is -2.21. The van der Waals surface area contributed by atoms with Gasteiger partial charge in [0.15, 0.2) is 0 Å². The van der Waals surface area contributed by atoms with E-state index in [1.54, 1.807) is 31.1 Å². The number of esters is 1. The highest BCUT2D eigenvalue weighted by Gasteiger charge is 2.14. The maximum Gasteiger partial charge on any atom is 0.308 e. The predicted octanol–water partition coefficient (Wildman–Crippen LogP) is 4.65. The first kappa shape index (κ1) is 27.7. The van der Waals surface area contributed by atoms with E-state index in [1.165, 1.54) is 0 Å². The second kappa shape index (κ2) is 12.5. The number of nitrogens with two attached hydrogens (primary N) is 1. The predicted molar refractivity (Wildman–Crippen MR) is 150 cm³/mol. The highest BCUT2D eigenvalue weighted by atomic mass is 16.7. The van der Waals surface area contributed by atoms with Crippen LogP contribution in [0.4, 0.5) is 5.82 Å². The number of pyridine rings is 2. The van der Waals surface area contributed by atoms with Crippen molar-refractivity contribution >= 4 is 28.6 Å². The van der Waals surface area contributed by atoms with E-state index in [-0.39, 0.29) is 31.0 Å². The molecule has 9 heteroatoms. The number of carbonyl (C=O) groups is 2. The molecule has 2 aromatic carbocycles. The molecule has 0 atom stereocenters. The molecule has 0 fully saturated rings. The molecule has 2 aromatic heterocycles. The highest BCUT2D eigenvalue weighted by molar-refractivity contribution is 5.95. The van der Waals surface area contributed by atoms with Crippen molar-refractivity contribution in [1.29, 1.82) is 0 Å². The van der Waals surface area contributed by atoms with Gasteiger partial charge in [0.05, 0.1) is 23.7 Å². The minimum absolute atomic E-state index is 0.0586. The Morgan fingerprint density at radius 1 is 1.00 bits per heavy atom. The molecule has 0 aliphatic carbocycles. The van der Waals surface area contributed by atoms with E-state index < -0.39 is 0 Å². The topological polar surface area (TPSA) is 120 Å². The summed E-state index contributed by atoms with van der Waals surface area (Å²) in [6, 6.07) is 19.4. The Kier molecular flexibility index (Phi) is 8.85. The van der Waals surface area contributed by atoms with Gasteiger partial charge in [-0.3, -0.25) is 24.4 Å². The fourth-order valence-electron chi connectivity index (χ4n) is 4.06.